The second-order valence-corrected chi connectivity index (χ2v) is 7.61. The smallest absolute Gasteiger partial charge is 0.253 e. The van der Waals surface area contributed by atoms with Gasteiger partial charge in [-0.3, -0.25) is 4.79 Å². The molecule has 1 aliphatic rings. The topological polar surface area (TPSA) is 75.7 Å². The number of piperidine rings is 1. The molecule has 2 rings (SSSR count). The molecule has 128 valence electrons. The van der Waals surface area contributed by atoms with Crippen molar-refractivity contribution < 1.29 is 17.9 Å². The molecule has 0 radical (unpaired) electrons. The second-order valence-electron chi connectivity index (χ2n) is 5.73. The largest absolute Gasteiger partial charge is 0.497 e. The van der Waals surface area contributed by atoms with E-state index < -0.39 is 10.0 Å². The van der Waals surface area contributed by atoms with Crippen LogP contribution in [-0.4, -0.2) is 51.2 Å². The average Bonchev–Trinajstić information content (AvgIpc) is 2.54. The predicted molar refractivity (Wildman–Crippen MR) is 89.1 cm³/mol. The Morgan fingerprint density at radius 2 is 1.87 bits per heavy atom. The van der Waals surface area contributed by atoms with Gasteiger partial charge in [0.2, 0.25) is 10.0 Å². The molecule has 0 atom stereocenters. The third kappa shape index (κ3) is 4.94. The van der Waals surface area contributed by atoms with Gasteiger partial charge in [0.05, 0.1) is 12.9 Å². The van der Waals surface area contributed by atoms with Crippen molar-refractivity contribution in [3.63, 3.8) is 0 Å². The lowest BCUT2D eigenvalue weighted by atomic mass is 10.0. The van der Waals surface area contributed by atoms with E-state index in [-0.39, 0.29) is 17.7 Å². The van der Waals surface area contributed by atoms with E-state index in [2.05, 4.69) is 4.72 Å². The summed E-state index contributed by atoms with van der Waals surface area (Å²) in [6.07, 6.45) is 1.89. The first-order chi connectivity index (χ1) is 10.9. The van der Waals surface area contributed by atoms with E-state index >= 15 is 0 Å². The minimum Gasteiger partial charge on any atom is -0.497 e. The molecule has 0 aromatic heterocycles. The molecule has 7 heteroatoms. The summed E-state index contributed by atoms with van der Waals surface area (Å²) in [5, 5.41) is 0. The van der Waals surface area contributed by atoms with E-state index in [4.69, 9.17) is 4.74 Å². The Kier molecular flexibility index (Phi) is 6.01. The number of hydrogen-bond donors (Lipinski definition) is 1. The Bertz CT molecular complexity index is 620. The number of nitrogens with one attached hydrogen (secondary N) is 1. The normalized spacial score (nSPS) is 16.3. The monoisotopic (exact) mass is 340 g/mol. The molecule has 0 bridgehead atoms. The highest BCUT2D eigenvalue weighted by atomic mass is 32.2. The van der Waals surface area contributed by atoms with Crippen LogP contribution in [0.5, 0.6) is 5.75 Å². The lowest BCUT2D eigenvalue weighted by Crippen LogP contribution is -2.46. The summed E-state index contributed by atoms with van der Waals surface area (Å²) in [6, 6.07) is 6.94. The molecule has 1 aliphatic heterocycles. The van der Waals surface area contributed by atoms with Crippen molar-refractivity contribution in [2.24, 2.45) is 0 Å². The highest BCUT2D eigenvalue weighted by Crippen LogP contribution is 2.17. The molecule has 0 saturated carbocycles. The summed E-state index contributed by atoms with van der Waals surface area (Å²) in [5.41, 5.74) is 0.621. The van der Waals surface area contributed by atoms with Crippen LogP contribution in [0, 0.1) is 0 Å². The van der Waals surface area contributed by atoms with Crippen molar-refractivity contribution in [3.8, 4) is 5.75 Å². The Morgan fingerprint density at radius 1 is 1.26 bits per heavy atom. The van der Waals surface area contributed by atoms with Gasteiger partial charge in [-0.05, 0) is 43.5 Å². The van der Waals surface area contributed by atoms with E-state index in [1.165, 1.54) is 0 Å². The molecule has 0 unspecified atom stereocenters. The van der Waals surface area contributed by atoms with Crippen LogP contribution in [0.25, 0.3) is 0 Å². The van der Waals surface area contributed by atoms with Gasteiger partial charge in [0.15, 0.2) is 0 Å². The number of likely N-dealkylation sites (tertiary alicyclic amines) is 1. The van der Waals surface area contributed by atoms with Crippen molar-refractivity contribution in [2.45, 2.75) is 32.2 Å². The molecule has 1 fully saturated rings. The first-order valence-electron chi connectivity index (χ1n) is 7.88. The first kappa shape index (κ1) is 17.7. The van der Waals surface area contributed by atoms with Crippen LogP contribution in [-0.2, 0) is 10.0 Å². The van der Waals surface area contributed by atoms with E-state index in [0.717, 1.165) is 0 Å². The fraction of sp³-hybridized carbons (Fsp3) is 0.562. The summed E-state index contributed by atoms with van der Waals surface area (Å²) in [6.45, 7) is 2.96. The quantitative estimate of drug-likeness (QED) is 0.854. The van der Waals surface area contributed by atoms with Crippen molar-refractivity contribution >= 4 is 15.9 Å². The number of carbonyl (C=O) groups is 1. The summed E-state index contributed by atoms with van der Waals surface area (Å²) >= 11 is 0. The molecule has 1 N–H and O–H groups in total. The summed E-state index contributed by atoms with van der Waals surface area (Å²) in [7, 11) is -1.61. The molecular weight excluding hydrogens is 316 g/mol. The highest BCUT2D eigenvalue weighted by molar-refractivity contribution is 7.89. The van der Waals surface area contributed by atoms with Crippen molar-refractivity contribution in [1.82, 2.24) is 9.62 Å². The Morgan fingerprint density at radius 3 is 2.39 bits per heavy atom. The van der Waals surface area contributed by atoms with Crippen LogP contribution in [0.3, 0.4) is 0 Å². The average molecular weight is 340 g/mol. The molecule has 0 aliphatic carbocycles. The SMILES string of the molecule is CCCS(=O)(=O)NC1CCN(C(=O)c2ccc(OC)cc2)CC1. The van der Waals surface area contributed by atoms with Gasteiger partial charge < -0.3 is 9.64 Å². The minimum atomic E-state index is -3.20. The number of sulfonamides is 1. The Labute approximate surface area is 137 Å². The number of amides is 1. The van der Waals surface area contributed by atoms with Crippen LogP contribution in [0.4, 0.5) is 0 Å². The molecule has 1 aromatic carbocycles. The van der Waals surface area contributed by atoms with Crippen LogP contribution in [0.15, 0.2) is 24.3 Å². The standard InChI is InChI=1S/C16H24N2O4S/c1-3-12-23(20,21)17-14-8-10-18(11-9-14)16(19)13-4-6-15(22-2)7-5-13/h4-7,14,17H,3,8-12H2,1-2H3. The van der Waals surface area contributed by atoms with Crippen LogP contribution < -0.4 is 9.46 Å². The minimum absolute atomic E-state index is 0.0254. The fourth-order valence-corrected chi connectivity index (χ4v) is 4.10. The van der Waals surface area contributed by atoms with Gasteiger partial charge in [-0.1, -0.05) is 6.92 Å². The number of methoxy groups -OCH3 is 1. The van der Waals surface area contributed by atoms with Gasteiger partial charge >= 0.3 is 0 Å². The van der Waals surface area contributed by atoms with Gasteiger partial charge in [0.1, 0.15) is 5.75 Å². The maximum Gasteiger partial charge on any atom is 0.253 e. The van der Waals surface area contributed by atoms with Crippen molar-refractivity contribution in [2.75, 3.05) is 26.0 Å². The summed E-state index contributed by atoms with van der Waals surface area (Å²) in [4.78, 5) is 14.2. The van der Waals surface area contributed by atoms with Crippen LogP contribution >= 0.6 is 0 Å². The number of rotatable bonds is 6. The van der Waals surface area contributed by atoms with Crippen molar-refractivity contribution in [3.05, 3.63) is 29.8 Å². The molecular formula is C16H24N2O4S. The van der Waals surface area contributed by atoms with Crippen LogP contribution in [0.1, 0.15) is 36.5 Å². The number of hydrogen-bond acceptors (Lipinski definition) is 4. The maximum absolute atomic E-state index is 12.4. The fourth-order valence-electron chi connectivity index (χ4n) is 2.70. The number of ether oxygens (including phenoxy) is 1. The maximum atomic E-state index is 12.4. The van der Waals surface area contributed by atoms with E-state index in [0.29, 0.717) is 43.7 Å². The lowest BCUT2D eigenvalue weighted by Gasteiger charge is -2.32. The van der Waals surface area contributed by atoms with Gasteiger partial charge in [0, 0.05) is 24.7 Å². The number of nitrogens with zero attached hydrogens (tertiary/aromatic N) is 1. The zero-order valence-electron chi connectivity index (χ0n) is 13.6. The van der Waals surface area contributed by atoms with Crippen LogP contribution in [0.2, 0.25) is 0 Å². The zero-order chi connectivity index (χ0) is 16.9. The summed E-state index contributed by atoms with van der Waals surface area (Å²) < 4.78 is 31.4. The number of carbonyl (C=O) groups excluding carboxylic acids is 1. The molecule has 1 amide bonds. The molecule has 6 nitrogen and oxygen atoms in total. The summed E-state index contributed by atoms with van der Waals surface area (Å²) in [5.74, 6) is 0.839. The lowest BCUT2D eigenvalue weighted by molar-refractivity contribution is 0.0711. The zero-order valence-corrected chi connectivity index (χ0v) is 14.4. The molecule has 1 heterocycles. The van der Waals surface area contributed by atoms with E-state index in [9.17, 15) is 13.2 Å². The van der Waals surface area contributed by atoms with Gasteiger partial charge in [-0.15, -0.1) is 0 Å². The predicted octanol–water partition coefficient (Wildman–Crippen LogP) is 1.63. The molecule has 1 aromatic rings. The molecule has 23 heavy (non-hydrogen) atoms. The Hall–Kier alpha value is -1.60. The van der Waals surface area contributed by atoms with Gasteiger partial charge in [0.25, 0.3) is 5.91 Å². The number of benzene rings is 1. The van der Waals surface area contributed by atoms with Gasteiger partial charge in [-0.25, -0.2) is 13.1 Å². The van der Waals surface area contributed by atoms with Gasteiger partial charge in [-0.2, -0.15) is 0 Å². The third-order valence-corrected chi connectivity index (χ3v) is 5.58. The molecule has 0 spiro atoms. The second kappa shape index (κ2) is 7.79. The van der Waals surface area contributed by atoms with E-state index in [1.807, 2.05) is 6.92 Å². The van der Waals surface area contributed by atoms with Crippen molar-refractivity contribution in [1.29, 1.82) is 0 Å². The highest BCUT2D eigenvalue weighted by Gasteiger charge is 2.26. The Balaban J connectivity index is 1.89. The third-order valence-electron chi connectivity index (χ3n) is 3.94. The molecule has 1 saturated heterocycles. The first-order valence-corrected chi connectivity index (χ1v) is 9.53. The van der Waals surface area contributed by atoms with E-state index in [1.54, 1.807) is 36.3 Å².